The van der Waals surface area contributed by atoms with Gasteiger partial charge in [0.25, 0.3) is 5.91 Å². The molecule has 1 fully saturated rings. The number of nitrogens with zero attached hydrogens (tertiary/aromatic N) is 5. The zero-order valence-corrected chi connectivity index (χ0v) is 19.6. The molecule has 0 atom stereocenters. The number of benzene rings is 1. The fourth-order valence-corrected chi connectivity index (χ4v) is 4.89. The number of aromatic nitrogens is 2. The van der Waals surface area contributed by atoms with Gasteiger partial charge in [0, 0.05) is 51.8 Å². The fourth-order valence-electron chi connectivity index (χ4n) is 3.87. The molecule has 8 nitrogen and oxygen atoms in total. The summed E-state index contributed by atoms with van der Waals surface area (Å²) >= 11 is 1.14. The Balaban J connectivity index is 1.30. The molecule has 184 valence electrons. The number of carbonyl (C=O) groups is 2. The van der Waals surface area contributed by atoms with Crippen molar-refractivity contribution in [2.75, 3.05) is 32.7 Å². The van der Waals surface area contributed by atoms with E-state index in [1.165, 1.54) is 19.2 Å². The number of hydrogen-bond acceptors (Lipinski definition) is 7. The van der Waals surface area contributed by atoms with Gasteiger partial charge in [-0.15, -0.1) is 16.2 Å². The minimum Gasteiger partial charge on any atom is -0.335 e. The van der Waals surface area contributed by atoms with Crippen molar-refractivity contribution in [1.82, 2.24) is 19.6 Å². The lowest BCUT2D eigenvalue weighted by atomic mass is 10.1. The van der Waals surface area contributed by atoms with Crippen LogP contribution in [0.2, 0.25) is 0 Å². The highest BCUT2D eigenvalue weighted by Crippen LogP contribution is 2.34. The first kappa shape index (κ1) is 24.7. The average molecular weight is 506 g/mol. The summed E-state index contributed by atoms with van der Waals surface area (Å²) in [6.45, 7) is 2.76. The fraction of sp³-hybridized carbons (Fsp3) is 0.348. The van der Waals surface area contributed by atoms with E-state index in [9.17, 15) is 27.7 Å². The summed E-state index contributed by atoms with van der Waals surface area (Å²) < 4.78 is 40.0. The number of ketones is 1. The largest absolute Gasteiger partial charge is 0.435 e. The second-order valence-electron chi connectivity index (χ2n) is 8.15. The van der Waals surface area contributed by atoms with E-state index in [1.54, 1.807) is 29.2 Å². The number of piperazine rings is 1. The Morgan fingerprint density at radius 3 is 2.34 bits per heavy atom. The molecule has 3 aromatic rings. The summed E-state index contributed by atoms with van der Waals surface area (Å²) in [7, 11) is 1.44. The maximum absolute atomic E-state index is 12.9. The first-order chi connectivity index (χ1) is 16.7. The lowest BCUT2D eigenvalue weighted by Gasteiger charge is -2.34. The number of rotatable bonds is 7. The Morgan fingerprint density at radius 2 is 1.74 bits per heavy atom. The highest BCUT2D eigenvalue weighted by molar-refractivity contribution is 7.17. The summed E-state index contributed by atoms with van der Waals surface area (Å²) in [5.74, 6) is -0.199. The Bertz CT molecular complexity index is 1230. The van der Waals surface area contributed by atoms with Crippen LogP contribution in [-0.2, 0) is 13.2 Å². The predicted molar refractivity (Wildman–Crippen MR) is 125 cm³/mol. The molecule has 35 heavy (non-hydrogen) atoms. The Hall–Kier alpha value is -3.38. The van der Waals surface area contributed by atoms with Crippen molar-refractivity contribution < 1.29 is 22.8 Å². The second kappa shape index (κ2) is 10.1. The zero-order chi connectivity index (χ0) is 25.2. The molecule has 0 radical (unpaired) electrons. The van der Waals surface area contributed by atoms with Gasteiger partial charge in [-0.2, -0.15) is 18.3 Å². The standard InChI is InChI=1S/C23H22F3N5O3S/c1-29-17(14-21(27-29)23(24,25)26)19-6-7-20(35-19)22(33)31-12-10-30(11-13-31)9-8-18(32)15-2-4-16(28-34)5-3-15/h2-7,14H,8-13H2,1H3. The topological polar surface area (TPSA) is 87.9 Å². The number of aryl methyl sites for hydroxylation is 1. The molecular weight excluding hydrogens is 483 g/mol. The van der Waals surface area contributed by atoms with Gasteiger partial charge < -0.3 is 4.90 Å². The van der Waals surface area contributed by atoms with Gasteiger partial charge in [-0.1, -0.05) is 0 Å². The lowest BCUT2D eigenvalue weighted by molar-refractivity contribution is -0.141. The average Bonchev–Trinajstić information content (AvgIpc) is 3.49. The molecule has 1 saturated heterocycles. The number of amides is 1. The predicted octanol–water partition coefficient (Wildman–Crippen LogP) is 4.60. The number of carbonyl (C=O) groups excluding carboxylic acids is 2. The molecule has 0 saturated carbocycles. The molecule has 0 spiro atoms. The number of nitroso groups, excluding NO2 is 1. The highest BCUT2D eigenvalue weighted by atomic mass is 32.1. The second-order valence-corrected chi connectivity index (χ2v) is 9.23. The number of thiophene rings is 1. The summed E-state index contributed by atoms with van der Waals surface area (Å²) in [4.78, 5) is 40.6. The molecule has 1 amide bonds. The van der Waals surface area contributed by atoms with Gasteiger partial charge in [-0.25, -0.2) is 0 Å². The Morgan fingerprint density at radius 1 is 1.06 bits per heavy atom. The molecule has 1 aromatic carbocycles. The van der Waals surface area contributed by atoms with Crippen LogP contribution in [0, 0.1) is 4.91 Å². The SMILES string of the molecule is Cn1nc(C(F)(F)F)cc1-c1ccc(C(=O)N2CCN(CCC(=O)c3ccc(N=O)cc3)CC2)s1. The Kier molecular flexibility index (Phi) is 7.13. The molecule has 0 unspecified atom stereocenters. The molecule has 12 heteroatoms. The lowest BCUT2D eigenvalue weighted by Crippen LogP contribution is -2.48. The van der Waals surface area contributed by atoms with E-state index >= 15 is 0 Å². The van der Waals surface area contributed by atoms with Crippen LogP contribution in [0.4, 0.5) is 18.9 Å². The summed E-state index contributed by atoms with van der Waals surface area (Å²) in [6.07, 6.45) is -4.21. The van der Waals surface area contributed by atoms with Gasteiger partial charge in [-0.05, 0) is 47.6 Å². The van der Waals surface area contributed by atoms with Gasteiger partial charge in [0.15, 0.2) is 11.5 Å². The van der Waals surface area contributed by atoms with Crippen LogP contribution in [0.15, 0.2) is 47.6 Å². The van der Waals surface area contributed by atoms with Crippen molar-refractivity contribution in [3.8, 4) is 10.6 Å². The molecule has 1 aliphatic heterocycles. The van der Waals surface area contributed by atoms with Crippen LogP contribution in [-0.4, -0.2) is 64.0 Å². The molecule has 0 aliphatic carbocycles. The van der Waals surface area contributed by atoms with Crippen LogP contribution in [0.5, 0.6) is 0 Å². The number of halogens is 3. The van der Waals surface area contributed by atoms with Crippen molar-refractivity contribution in [1.29, 1.82) is 0 Å². The van der Waals surface area contributed by atoms with Crippen LogP contribution >= 0.6 is 11.3 Å². The Labute approximate surface area is 202 Å². The van der Waals surface area contributed by atoms with Crippen molar-refractivity contribution in [2.24, 2.45) is 12.2 Å². The third kappa shape index (κ3) is 5.65. The van der Waals surface area contributed by atoms with E-state index in [0.29, 0.717) is 60.2 Å². The monoisotopic (exact) mass is 505 g/mol. The van der Waals surface area contributed by atoms with Crippen molar-refractivity contribution in [3.63, 3.8) is 0 Å². The van der Waals surface area contributed by atoms with E-state index < -0.39 is 11.9 Å². The van der Waals surface area contributed by atoms with E-state index in [1.807, 2.05) is 0 Å². The molecule has 4 rings (SSSR count). The van der Waals surface area contributed by atoms with Gasteiger partial charge in [0.1, 0.15) is 5.69 Å². The normalized spacial score (nSPS) is 14.8. The molecule has 0 N–H and O–H groups in total. The summed E-state index contributed by atoms with van der Waals surface area (Å²) in [5.41, 5.74) is 0.121. The number of alkyl halides is 3. The molecule has 3 heterocycles. The molecule has 2 aromatic heterocycles. The third-order valence-corrected chi connectivity index (χ3v) is 6.94. The van der Waals surface area contributed by atoms with Crippen LogP contribution < -0.4 is 0 Å². The van der Waals surface area contributed by atoms with Crippen LogP contribution in [0.25, 0.3) is 10.6 Å². The van der Waals surface area contributed by atoms with E-state index in [2.05, 4.69) is 15.2 Å². The van der Waals surface area contributed by atoms with Gasteiger partial charge in [-0.3, -0.25) is 19.2 Å². The third-order valence-electron chi connectivity index (χ3n) is 5.85. The quantitative estimate of drug-likeness (QED) is 0.346. The molecular formula is C23H22F3N5O3S. The zero-order valence-electron chi connectivity index (χ0n) is 18.8. The van der Waals surface area contributed by atoms with E-state index in [0.717, 1.165) is 22.1 Å². The van der Waals surface area contributed by atoms with Crippen LogP contribution in [0.1, 0.15) is 32.1 Å². The first-order valence-electron chi connectivity index (χ1n) is 10.9. The smallest absolute Gasteiger partial charge is 0.335 e. The van der Waals surface area contributed by atoms with Gasteiger partial charge >= 0.3 is 6.18 Å². The minimum atomic E-state index is -4.53. The maximum Gasteiger partial charge on any atom is 0.435 e. The van der Waals surface area contributed by atoms with Gasteiger partial charge in [0.2, 0.25) is 0 Å². The maximum atomic E-state index is 12.9. The summed E-state index contributed by atoms with van der Waals surface area (Å²) in [6, 6.07) is 10.4. The van der Waals surface area contributed by atoms with Gasteiger partial charge in [0.05, 0.1) is 15.4 Å². The minimum absolute atomic E-state index is 0.0316. The molecule has 0 bridgehead atoms. The van der Waals surface area contributed by atoms with Crippen molar-refractivity contribution >= 4 is 28.7 Å². The number of Topliss-reactive ketones (excluding diaryl/α,β-unsaturated/α-hetero) is 1. The van der Waals surface area contributed by atoms with E-state index in [4.69, 9.17) is 0 Å². The van der Waals surface area contributed by atoms with Crippen molar-refractivity contribution in [3.05, 3.63) is 63.5 Å². The molecule has 1 aliphatic rings. The first-order valence-corrected chi connectivity index (χ1v) is 11.7. The van der Waals surface area contributed by atoms with E-state index in [-0.39, 0.29) is 17.4 Å². The summed E-state index contributed by atoms with van der Waals surface area (Å²) in [5, 5.41) is 6.34. The number of hydrogen-bond donors (Lipinski definition) is 0. The van der Waals surface area contributed by atoms with Crippen LogP contribution in [0.3, 0.4) is 0 Å². The highest BCUT2D eigenvalue weighted by Gasteiger charge is 2.35. The van der Waals surface area contributed by atoms with Crippen molar-refractivity contribution in [2.45, 2.75) is 12.6 Å².